The van der Waals surface area contributed by atoms with Crippen LogP contribution in [0.1, 0.15) is 51.0 Å². The van der Waals surface area contributed by atoms with E-state index in [1.807, 2.05) is 6.92 Å². The van der Waals surface area contributed by atoms with Crippen molar-refractivity contribution in [1.82, 2.24) is 0 Å². The average molecular weight is 415 g/mol. The zero-order valence-electron chi connectivity index (χ0n) is 16.9. The summed E-state index contributed by atoms with van der Waals surface area (Å²) in [7, 11) is 0. The fraction of sp³-hybridized carbons (Fsp3) is 0.273. The standard InChI is InChI=1S/C22H22FNO4S/c1-11(2)27-22(26)19-18(15-6-8-16(23)9-7-15)14(5)29-21(19)24-20(25)17-10-12(3)28-13(17)4/h6-11H,1-5H3,(H,24,25). The summed E-state index contributed by atoms with van der Waals surface area (Å²) < 4.78 is 24.2. The maximum Gasteiger partial charge on any atom is 0.342 e. The van der Waals surface area contributed by atoms with Crippen molar-refractivity contribution in [3.05, 3.63) is 63.7 Å². The highest BCUT2D eigenvalue weighted by Gasteiger charge is 2.27. The van der Waals surface area contributed by atoms with Gasteiger partial charge in [0.05, 0.1) is 11.7 Å². The van der Waals surface area contributed by atoms with Gasteiger partial charge in [-0.25, -0.2) is 9.18 Å². The zero-order chi connectivity index (χ0) is 21.3. The van der Waals surface area contributed by atoms with Crippen LogP contribution >= 0.6 is 11.3 Å². The van der Waals surface area contributed by atoms with Gasteiger partial charge in [0.2, 0.25) is 0 Å². The summed E-state index contributed by atoms with van der Waals surface area (Å²) in [6.07, 6.45) is -0.328. The third-order valence-corrected chi connectivity index (χ3v) is 5.30. The molecule has 1 amide bonds. The average Bonchev–Trinajstić information content (AvgIpc) is 3.13. The van der Waals surface area contributed by atoms with Crippen LogP contribution in [0.4, 0.5) is 9.39 Å². The maximum absolute atomic E-state index is 13.4. The van der Waals surface area contributed by atoms with Crippen LogP contribution in [-0.2, 0) is 4.74 Å². The van der Waals surface area contributed by atoms with Gasteiger partial charge in [-0.1, -0.05) is 12.1 Å². The lowest BCUT2D eigenvalue weighted by Crippen LogP contribution is -2.17. The van der Waals surface area contributed by atoms with Crippen molar-refractivity contribution in [2.24, 2.45) is 0 Å². The summed E-state index contributed by atoms with van der Waals surface area (Å²) in [5.74, 6) is -0.156. The first-order valence-corrected chi connectivity index (χ1v) is 9.97. The Balaban J connectivity index is 2.07. The number of hydrogen-bond acceptors (Lipinski definition) is 5. The normalized spacial score (nSPS) is 11.0. The number of carbonyl (C=O) groups excluding carboxylic acids is 2. The van der Waals surface area contributed by atoms with E-state index < -0.39 is 5.97 Å². The fourth-order valence-electron chi connectivity index (χ4n) is 3.09. The van der Waals surface area contributed by atoms with Crippen LogP contribution in [0, 0.1) is 26.6 Å². The fourth-order valence-corrected chi connectivity index (χ4v) is 4.15. The molecule has 152 valence electrons. The van der Waals surface area contributed by atoms with E-state index in [9.17, 15) is 14.0 Å². The molecule has 3 rings (SSSR count). The molecule has 0 aliphatic carbocycles. The molecule has 0 spiro atoms. The zero-order valence-corrected chi connectivity index (χ0v) is 17.7. The van der Waals surface area contributed by atoms with E-state index in [1.165, 1.54) is 23.5 Å². The SMILES string of the molecule is Cc1cc(C(=O)Nc2sc(C)c(-c3ccc(F)cc3)c2C(=O)OC(C)C)c(C)o1. The van der Waals surface area contributed by atoms with Crippen LogP contribution in [0.25, 0.3) is 11.1 Å². The molecule has 2 aromatic heterocycles. The summed E-state index contributed by atoms with van der Waals surface area (Å²) in [6, 6.07) is 7.52. The molecule has 0 bridgehead atoms. The number of furan rings is 1. The van der Waals surface area contributed by atoms with E-state index in [0.29, 0.717) is 33.2 Å². The van der Waals surface area contributed by atoms with Gasteiger partial charge in [-0.2, -0.15) is 0 Å². The molecule has 0 radical (unpaired) electrons. The first-order valence-electron chi connectivity index (χ1n) is 9.16. The highest BCUT2D eigenvalue weighted by atomic mass is 32.1. The van der Waals surface area contributed by atoms with Gasteiger partial charge in [-0.05, 0) is 58.4 Å². The Morgan fingerprint density at radius 2 is 1.79 bits per heavy atom. The lowest BCUT2D eigenvalue weighted by molar-refractivity contribution is 0.0380. The lowest BCUT2D eigenvalue weighted by atomic mass is 10.0. The minimum absolute atomic E-state index is 0.263. The monoisotopic (exact) mass is 415 g/mol. The molecule has 29 heavy (non-hydrogen) atoms. The van der Waals surface area contributed by atoms with Gasteiger partial charge >= 0.3 is 5.97 Å². The molecule has 0 fully saturated rings. The molecule has 3 aromatic rings. The number of rotatable bonds is 5. The molecule has 7 heteroatoms. The summed E-state index contributed by atoms with van der Waals surface area (Å²) in [4.78, 5) is 26.5. The van der Waals surface area contributed by atoms with E-state index in [2.05, 4.69) is 5.32 Å². The third kappa shape index (κ3) is 4.40. The number of nitrogens with one attached hydrogen (secondary N) is 1. The second kappa shape index (κ2) is 8.21. The summed E-state index contributed by atoms with van der Waals surface area (Å²) in [5.41, 5.74) is 1.96. The Bertz CT molecular complexity index is 1060. The number of ether oxygens (including phenoxy) is 1. The lowest BCUT2D eigenvalue weighted by Gasteiger charge is -2.12. The van der Waals surface area contributed by atoms with Crippen molar-refractivity contribution in [2.75, 3.05) is 5.32 Å². The van der Waals surface area contributed by atoms with E-state index >= 15 is 0 Å². The number of benzene rings is 1. The second-order valence-electron chi connectivity index (χ2n) is 6.98. The Kier molecular flexibility index (Phi) is 5.88. The smallest absolute Gasteiger partial charge is 0.342 e. The molecule has 0 aliphatic heterocycles. The van der Waals surface area contributed by atoms with Gasteiger partial charge in [0, 0.05) is 10.4 Å². The molecular formula is C22H22FNO4S. The predicted octanol–water partition coefficient (Wildman–Crippen LogP) is 5.89. The maximum atomic E-state index is 13.4. The number of anilines is 1. The second-order valence-corrected chi connectivity index (χ2v) is 8.20. The van der Waals surface area contributed by atoms with Gasteiger partial charge in [-0.15, -0.1) is 11.3 Å². The van der Waals surface area contributed by atoms with E-state index in [0.717, 1.165) is 4.88 Å². The van der Waals surface area contributed by atoms with Crippen molar-refractivity contribution in [1.29, 1.82) is 0 Å². The molecule has 0 saturated heterocycles. The van der Waals surface area contributed by atoms with E-state index in [-0.39, 0.29) is 23.4 Å². The highest BCUT2D eigenvalue weighted by Crippen LogP contribution is 2.41. The van der Waals surface area contributed by atoms with Gasteiger partial charge in [0.15, 0.2) is 0 Å². The van der Waals surface area contributed by atoms with Crippen molar-refractivity contribution < 1.29 is 23.1 Å². The molecule has 2 heterocycles. The first-order chi connectivity index (χ1) is 13.7. The van der Waals surface area contributed by atoms with E-state index in [4.69, 9.17) is 9.15 Å². The third-order valence-electron chi connectivity index (χ3n) is 4.28. The van der Waals surface area contributed by atoms with Crippen LogP contribution in [0.3, 0.4) is 0 Å². The number of aryl methyl sites for hydroxylation is 3. The van der Waals surface area contributed by atoms with Crippen molar-refractivity contribution in [3.8, 4) is 11.1 Å². The number of esters is 1. The molecule has 0 aliphatic rings. The topological polar surface area (TPSA) is 68.5 Å². The summed E-state index contributed by atoms with van der Waals surface area (Å²) in [5, 5.41) is 3.21. The molecule has 0 saturated carbocycles. The molecule has 1 N–H and O–H groups in total. The molecular weight excluding hydrogens is 393 g/mol. The number of hydrogen-bond donors (Lipinski definition) is 1. The van der Waals surface area contributed by atoms with Crippen LogP contribution in [0.15, 0.2) is 34.7 Å². The Hall–Kier alpha value is -2.93. The summed E-state index contributed by atoms with van der Waals surface area (Å²) >= 11 is 1.27. The van der Waals surface area contributed by atoms with Gasteiger partial charge in [-0.3, -0.25) is 4.79 Å². The predicted molar refractivity (Wildman–Crippen MR) is 111 cm³/mol. The molecule has 1 aromatic carbocycles. The van der Waals surface area contributed by atoms with Crippen LogP contribution in [0.5, 0.6) is 0 Å². The Labute approximate surface area is 172 Å². The van der Waals surface area contributed by atoms with Gasteiger partial charge in [0.1, 0.15) is 27.9 Å². The van der Waals surface area contributed by atoms with Crippen LogP contribution in [-0.4, -0.2) is 18.0 Å². The van der Waals surface area contributed by atoms with Crippen LogP contribution in [0.2, 0.25) is 0 Å². The number of halogens is 1. The highest BCUT2D eigenvalue weighted by molar-refractivity contribution is 7.17. The summed E-state index contributed by atoms with van der Waals surface area (Å²) in [6.45, 7) is 8.82. The molecule has 0 unspecified atom stereocenters. The number of thiophene rings is 1. The Morgan fingerprint density at radius 1 is 1.14 bits per heavy atom. The van der Waals surface area contributed by atoms with Crippen molar-refractivity contribution in [2.45, 2.75) is 40.7 Å². The quantitative estimate of drug-likeness (QED) is 0.528. The largest absolute Gasteiger partial charge is 0.466 e. The number of amides is 1. The Morgan fingerprint density at radius 3 is 2.34 bits per heavy atom. The minimum Gasteiger partial charge on any atom is -0.466 e. The van der Waals surface area contributed by atoms with Gasteiger partial charge < -0.3 is 14.5 Å². The van der Waals surface area contributed by atoms with Gasteiger partial charge in [0.25, 0.3) is 5.91 Å². The first kappa shape index (κ1) is 20.8. The molecule has 5 nitrogen and oxygen atoms in total. The van der Waals surface area contributed by atoms with Crippen molar-refractivity contribution >= 4 is 28.2 Å². The minimum atomic E-state index is -0.543. The number of carbonyl (C=O) groups is 2. The molecule has 0 atom stereocenters. The van der Waals surface area contributed by atoms with E-state index in [1.54, 1.807) is 45.9 Å². The van der Waals surface area contributed by atoms with Crippen LogP contribution < -0.4 is 5.32 Å². The van der Waals surface area contributed by atoms with Crippen molar-refractivity contribution in [3.63, 3.8) is 0 Å².